The molecule has 5 heteroatoms. The van der Waals surface area contributed by atoms with Gasteiger partial charge in [0.2, 0.25) is 0 Å². The summed E-state index contributed by atoms with van der Waals surface area (Å²) in [6.45, 7) is 3.38. The molecule has 0 spiro atoms. The Bertz CT molecular complexity index is 911. The summed E-state index contributed by atoms with van der Waals surface area (Å²) in [7, 11) is 5.01. The first kappa shape index (κ1) is 26.6. The first-order chi connectivity index (χ1) is 15.7. The van der Waals surface area contributed by atoms with E-state index in [4.69, 9.17) is 14.2 Å². The number of aryl methyl sites for hydroxylation is 1. The van der Waals surface area contributed by atoms with Gasteiger partial charge in [-0.1, -0.05) is 60.7 Å². The lowest BCUT2D eigenvalue weighted by Gasteiger charge is -2.19. The number of nitrogens with two attached hydrogens (primary N) is 1. The van der Waals surface area contributed by atoms with E-state index in [1.807, 2.05) is 12.1 Å². The number of hydrogen-bond acceptors (Lipinski definition) is 3. The Morgan fingerprint density at radius 1 is 0.697 bits per heavy atom. The highest BCUT2D eigenvalue weighted by atomic mass is 35.5. The van der Waals surface area contributed by atoms with Crippen LogP contribution in [0.25, 0.3) is 0 Å². The molecule has 0 radical (unpaired) electrons. The van der Waals surface area contributed by atoms with Crippen molar-refractivity contribution in [3.05, 3.63) is 89.5 Å². The average Bonchev–Trinajstić information content (AvgIpc) is 2.85. The molecule has 178 valence electrons. The van der Waals surface area contributed by atoms with Crippen LogP contribution in [0.2, 0.25) is 0 Å². The second-order valence-electron chi connectivity index (χ2n) is 8.22. The fraction of sp³-hybridized carbons (Fsp3) is 0.357. The van der Waals surface area contributed by atoms with Crippen molar-refractivity contribution in [1.29, 1.82) is 0 Å². The van der Waals surface area contributed by atoms with Crippen LogP contribution in [0.1, 0.15) is 42.4 Å². The second-order valence-corrected chi connectivity index (χ2v) is 8.22. The van der Waals surface area contributed by atoms with Crippen molar-refractivity contribution in [2.45, 2.75) is 38.1 Å². The van der Waals surface area contributed by atoms with Crippen LogP contribution >= 0.6 is 0 Å². The van der Waals surface area contributed by atoms with E-state index in [2.05, 4.69) is 72.9 Å². The Kier molecular flexibility index (Phi) is 11.1. The van der Waals surface area contributed by atoms with Gasteiger partial charge in [-0.3, -0.25) is 0 Å². The lowest BCUT2D eigenvalue weighted by atomic mass is 9.88. The Labute approximate surface area is 204 Å². The number of quaternary nitrogens is 1. The van der Waals surface area contributed by atoms with Crippen LogP contribution in [0.4, 0.5) is 0 Å². The van der Waals surface area contributed by atoms with Crippen molar-refractivity contribution in [1.82, 2.24) is 0 Å². The number of rotatable bonds is 12. The number of halogens is 1. The standard InChI is InChI=1S/C28H35NO3.ClH/c1-21(15-16-24-19-27(31-3)28(32-4)20-26(24)30-2)29-18-17-25(22-11-7-5-8-12-22)23-13-9-6-10-14-23;/h5-14,19-21,25,29H,15-18H2,1-4H3;1H. The molecule has 0 bridgehead atoms. The maximum atomic E-state index is 5.58. The molecular weight excluding hydrogens is 434 g/mol. The molecule has 0 heterocycles. The Hall–Kier alpha value is -2.69. The van der Waals surface area contributed by atoms with E-state index in [-0.39, 0.29) is 12.4 Å². The van der Waals surface area contributed by atoms with Gasteiger partial charge in [-0.25, -0.2) is 0 Å². The number of benzene rings is 3. The minimum absolute atomic E-state index is 0. The van der Waals surface area contributed by atoms with Gasteiger partial charge in [0.05, 0.1) is 33.9 Å². The van der Waals surface area contributed by atoms with Gasteiger partial charge < -0.3 is 31.9 Å². The van der Waals surface area contributed by atoms with Crippen LogP contribution < -0.4 is 31.9 Å². The van der Waals surface area contributed by atoms with Gasteiger partial charge >= 0.3 is 0 Å². The molecule has 0 aliphatic heterocycles. The van der Waals surface area contributed by atoms with Gasteiger partial charge in [-0.05, 0) is 36.1 Å². The Morgan fingerprint density at radius 3 is 1.73 bits per heavy atom. The summed E-state index contributed by atoms with van der Waals surface area (Å²) in [6, 6.07) is 26.1. The van der Waals surface area contributed by atoms with Gasteiger partial charge in [0.25, 0.3) is 0 Å². The van der Waals surface area contributed by atoms with Gasteiger partial charge in [-0.15, -0.1) is 0 Å². The zero-order valence-electron chi connectivity index (χ0n) is 20.1. The van der Waals surface area contributed by atoms with Gasteiger partial charge in [0.15, 0.2) is 11.5 Å². The van der Waals surface area contributed by atoms with E-state index in [1.165, 1.54) is 11.1 Å². The van der Waals surface area contributed by atoms with Crippen LogP contribution in [-0.4, -0.2) is 33.9 Å². The van der Waals surface area contributed by atoms with Crippen molar-refractivity contribution in [2.75, 3.05) is 27.9 Å². The van der Waals surface area contributed by atoms with Crippen LogP contribution in [-0.2, 0) is 6.42 Å². The minimum atomic E-state index is 0. The zero-order valence-corrected chi connectivity index (χ0v) is 20.8. The summed E-state index contributed by atoms with van der Waals surface area (Å²) in [5, 5.41) is 2.46. The van der Waals surface area contributed by atoms with Gasteiger partial charge in [0, 0.05) is 24.8 Å². The summed E-state index contributed by atoms with van der Waals surface area (Å²) in [4.78, 5) is 0. The molecule has 33 heavy (non-hydrogen) atoms. The molecule has 3 aromatic rings. The third-order valence-corrected chi connectivity index (χ3v) is 6.08. The maximum absolute atomic E-state index is 5.58. The van der Waals surface area contributed by atoms with Crippen LogP contribution in [0.5, 0.6) is 17.2 Å². The van der Waals surface area contributed by atoms with Gasteiger partial charge in [0.1, 0.15) is 5.75 Å². The zero-order chi connectivity index (χ0) is 22.8. The maximum Gasteiger partial charge on any atom is 0.164 e. The van der Waals surface area contributed by atoms with E-state index >= 15 is 0 Å². The van der Waals surface area contributed by atoms with E-state index < -0.39 is 0 Å². The monoisotopic (exact) mass is 469 g/mol. The van der Waals surface area contributed by atoms with Crippen molar-refractivity contribution in [2.24, 2.45) is 0 Å². The summed E-state index contributed by atoms with van der Waals surface area (Å²) >= 11 is 0. The highest BCUT2D eigenvalue weighted by Crippen LogP contribution is 2.35. The van der Waals surface area contributed by atoms with E-state index in [0.717, 1.165) is 42.9 Å². The van der Waals surface area contributed by atoms with Crippen molar-refractivity contribution in [3.63, 3.8) is 0 Å². The topological polar surface area (TPSA) is 44.3 Å². The molecule has 0 aliphatic rings. The molecular formula is C28H36ClNO3. The number of methoxy groups -OCH3 is 3. The summed E-state index contributed by atoms with van der Waals surface area (Å²) in [6.07, 6.45) is 3.10. The normalized spacial score (nSPS) is 11.5. The predicted octanol–water partition coefficient (Wildman–Crippen LogP) is 1.82. The van der Waals surface area contributed by atoms with Crippen LogP contribution in [0, 0.1) is 0 Å². The van der Waals surface area contributed by atoms with Crippen molar-refractivity contribution >= 4 is 0 Å². The van der Waals surface area contributed by atoms with Crippen molar-refractivity contribution in [3.8, 4) is 17.2 Å². The molecule has 2 N–H and O–H groups in total. The predicted molar refractivity (Wildman–Crippen MR) is 130 cm³/mol. The van der Waals surface area contributed by atoms with E-state index in [9.17, 15) is 0 Å². The molecule has 0 fully saturated rings. The number of hydrogen-bond donors (Lipinski definition) is 1. The summed E-state index contributed by atoms with van der Waals surface area (Å²) in [5.74, 6) is 2.71. The fourth-order valence-corrected chi connectivity index (χ4v) is 4.23. The van der Waals surface area contributed by atoms with Crippen LogP contribution in [0.15, 0.2) is 72.8 Å². The smallest absolute Gasteiger partial charge is 0.164 e. The molecule has 0 saturated heterocycles. The third-order valence-electron chi connectivity index (χ3n) is 6.08. The highest BCUT2D eigenvalue weighted by Gasteiger charge is 2.17. The van der Waals surface area contributed by atoms with Gasteiger partial charge in [-0.2, -0.15) is 0 Å². The SMILES string of the molecule is COc1cc(OC)c(OC)cc1CCC(C)[NH2+]CCC(c1ccccc1)c1ccccc1.[Cl-]. The first-order valence-corrected chi connectivity index (χ1v) is 11.4. The fourth-order valence-electron chi connectivity index (χ4n) is 4.23. The second kappa shape index (κ2) is 13.8. The van der Waals surface area contributed by atoms with Crippen LogP contribution in [0.3, 0.4) is 0 Å². The molecule has 0 aliphatic carbocycles. The molecule has 4 nitrogen and oxygen atoms in total. The lowest BCUT2D eigenvalue weighted by molar-refractivity contribution is -0.687. The molecule has 1 unspecified atom stereocenters. The van der Waals surface area contributed by atoms with Crippen molar-refractivity contribution < 1.29 is 31.9 Å². The Morgan fingerprint density at radius 2 is 1.21 bits per heavy atom. The molecule has 3 aromatic carbocycles. The molecule has 0 aromatic heterocycles. The van der Waals surface area contributed by atoms with E-state index in [0.29, 0.717) is 17.7 Å². The number of ether oxygens (including phenoxy) is 3. The quantitative estimate of drug-likeness (QED) is 0.440. The molecule has 1 atom stereocenters. The minimum Gasteiger partial charge on any atom is -1.00 e. The first-order valence-electron chi connectivity index (χ1n) is 11.4. The highest BCUT2D eigenvalue weighted by molar-refractivity contribution is 5.50. The van der Waals surface area contributed by atoms with E-state index in [1.54, 1.807) is 21.3 Å². The summed E-state index contributed by atoms with van der Waals surface area (Å²) < 4.78 is 16.5. The summed E-state index contributed by atoms with van der Waals surface area (Å²) in [5.41, 5.74) is 3.92. The lowest BCUT2D eigenvalue weighted by Crippen LogP contribution is -3.00. The molecule has 3 rings (SSSR count). The largest absolute Gasteiger partial charge is 1.00 e. The third kappa shape index (κ3) is 7.41. The molecule has 0 amide bonds. The Balaban J connectivity index is 0.00000385. The molecule has 0 saturated carbocycles. The average molecular weight is 470 g/mol.